The molecule has 0 saturated carbocycles. The molecule has 21 heavy (non-hydrogen) atoms. The molecule has 0 aliphatic carbocycles. The minimum Gasteiger partial charge on any atom is -0.375 e. The molecule has 6 heteroatoms. The maximum atomic E-state index is 11.6. The van der Waals surface area contributed by atoms with Crippen LogP contribution in [0.25, 0.3) is 0 Å². The Hall–Kier alpha value is -2.08. The summed E-state index contributed by atoms with van der Waals surface area (Å²) in [4.78, 5) is 23.0. The van der Waals surface area contributed by atoms with Crippen LogP contribution in [0, 0.1) is 5.92 Å². The quantitative estimate of drug-likeness (QED) is 0.722. The molecule has 0 radical (unpaired) electrons. The third-order valence-electron chi connectivity index (χ3n) is 2.71. The van der Waals surface area contributed by atoms with E-state index in [1.807, 2.05) is 0 Å². The third-order valence-corrected chi connectivity index (χ3v) is 2.71. The highest BCUT2D eigenvalue weighted by Gasteiger charge is 2.04. The van der Waals surface area contributed by atoms with Crippen molar-refractivity contribution in [3.8, 4) is 0 Å². The number of carbonyl (C=O) groups is 2. The molecule has 0 aliphatic heterocycles. The number of hydrogen-bond donors (Lipinski definition) is 3. The number of hydrogen-bond acceptors (Lipinski definition) is 3. The van der Waals surface area contributed by atoms with Gasteiger partial charge in [-0.25, -0.2) is 4.79 Å². The Morgan fingerprint density at radius 1 is 1.10 bits per heavy atom. The van der Waals surface area contributed by atoms with Gasteiger partial charge < -0.3 is 20.7 Å². The lowest BCUT2D eigenvalue weighted by Crippen LogP contribution is -2.30. The van der Waals surface area contributed by atoms with E-state index in [2.05, 4.69) is 29.8 Å². The molecular weight excluding hydrogens is 270 g/mol. The Bertz CT molecular complexity index is 458. The second-order valence-corrected chi connectivity index (χ2v) is 5.12. The van der Waals surface area contributed by atoms with Crippen molar-refractivity contribution in [2.75, 3.05) is 30.9 Å². The number of anilines is 2. The van der Waals surface area contributed by atoms with E-state index in [9.17, 15) is 9.59 Å². The molecule has 3 N–H and O–H groups in total. The molecular formula is C15H23N3O3. The van der Waals surface area contributed by atoms with Gasteiger partial charge in [-0.05, 0) is 36.6 Å². The van der Waals surface area contributed by atoms with Crippen molar-refractivity contribution in [1.82, 2.24) is 5.32 Å². The van der Waals surface area contributed by atoms with Crippen LogP contribution in [0.5, 0.6) is 0 Å². The van der Waals surface area contributed by atoms with Gasteiger partial charge in [-0.15, -0.1) is 0 Å². The van der Waals surface area contributed by atoms with E-state index in [4.69, 9.17) is 4.74 Å². The highest BCUT2D eigenvalue weighted by Crippen LogP contribution is 2.13. The predicted octanol–water partition coefficient (Wildman–Crippen LogP) is 2.44. The van der Waals surface area contributed by atoms with Crippen molar-refractivity contribution in [2.24, 2.45) is 5.92 Å². The summed E-state index contributed by atoms with van der Waals surface area (Å²) in [7, 11) is 1.46. The summed E-state index contributed by atoms with van der Waals surface area (Å²) >= 11 is 0. The summed E-state index contributed by atoms with van der Waals surface area (Å²) in [6.45, 7) is 4.87. The van der Waals surface area contributed by atoms with E-state index in [-0.39, 0.29) is 18.5 Å². The number of amides is 3. The minimum atomic E-state index is -0.230. The van der Waals surface area contributed by atoms with Crippen LogP contribution in [0.2, 0.25) is 0 Å². The molecule has 0 heterocycles. The Morgan fingerprint density at radius 2 is 1.67 bits per heavy atom. The van der Waals surface area contributed by atoms with Crippen LogP contribution in [0.15, 0.2) is 24.3 Å². The fourth-order valence-electron chi connectivity index (χ4n) is 1.61. The average Bonchev–Trinajstić information content (AvgIpc) is 2.41. The van der Waals surface area contributed by atoms with Gasteiger partial charge in [0.15, 0.2) is 0 Å². The van der Waals surface area contributed by atoms with Crippen molar-refractivity contribution >= 4 is 23.3 Å². The van der Waals surface area contributed by atoms with Gasteiger partial charge in [-0.1, -0.05) is 13.8 Å². The van der Waals surface area contributed by atoms with Crippen molar-refractivity contribution < 1.29 is 14.3 Å². The van der Waals surface area contributed by atoms with E-state index >= 15 is 0 Å². The van der Waals surface area contributed by atoms with Gasteiger partial charge in [0, 0.05) is 25.0 Å². The lowest BCUT2D eigenvalue weighted by atomic mass is 10.1. The largest absolute Gasteiger partial charge is 0.375 e. The molecule has 0 unspecified atom stereocenters. The summed E-state index contributed by atoms with van der Waals surface area (Å²) in [5.41, 5.74) is 1.32. The molecule has 0 spiro atoms. The zero-order valence-electron chi connectivity index (χ0n) is 12.7. The molecule has 6 nitrogen and oxygen atoms in total. The zero-order valence-corrected chi connectivity index (χ0v) is 12.7. The fourth-order valence-corrected chi connectivity index (χ4v) is 1.61. The van der Waals surface area contributed by atoms with Crippen LogP contribution in [-0.2, 0) is 9.53 Å². The highest BCUT2D eigenvalue weighted by molar-refractivity contribution is 5.93. The van der Waals surface area contributed by atoms with Gasteiger partial charge in [0.05, 0.1) is 0 Å². The molecule has 1 aromatic carbocycles. The van der Waals surface area contributed by atoms with Crippen LogP contribution in [0.1, 0.15) is 20.3 Å². The summed E-state index contributed by atoms with van der Waals surface area (Å²) < 4.78 is 4.73. The van der Waals surface area contributed by atoms with Crippen molar-refractivity contribution in [1.29, 1.82) is 0 Å². The molecule has 0 bridgehead atoms. The fraction of sp³-hybridized carbons (Fsp3) is 0.467. The van der Waals surface area contributed by atoms with Gasteiger partial charge in [0.2, 0.25) is 5.91 Å². The van der Waals surface area contributed by atoms with Crippen molar-refractivity contribution in [3.05, 3.63) is 24.3 Å². The van der Waals surface area contributed by atoms with Gasteiger partial charge in [0.1, 0.15) is 6.61 Å². The molecule has 0 fully saturated rings. The van der Waals surface area contributed by atoms with Crippen molar-refractivity contribution in [2.45, 2.75) is 20.3 Å². The van der Waals surface area contributed by atoms with E-state index in [1.165, 1.54) is 7.11 Å². The van der Waals surface area contributed by atoms with Gasteiger partial charge >= 0.3 is 6.03 Å². The second kappa shape index (κ2) is 8.97. The van der Waals surface area contributed by atoms with Crippen LogP contribution >= 0.6 is 0 Å². The summed E-state index contributed by atoms with van der Waals surface area (Å²) in [6.07, 6.45) is 0.942. The smallest absolute Gasteiger partial charge is 0.319 e. The van der Waals surface area contributed by atoms with Gasteiger partial charge in [-0.2, -0.15) is 0 Å². The van der Waals surface area contributed by atoms with Crippen molar-refractivity contribution in [3.63, 3.8) is 0 Å². The van der Waals surface area contributed by atoms with Crippen LogP contribution in [0.4, 0.5) is 16.2 Å². The number of ether oxygens (including phenoxy) is 1. The summed E-state index contributed by atoms with van der Waals surface area (Å²) in [6, 6.07) is 6.66. The Labute approximate surface area is 125 Å². The first-order chi connectivity index (χ1) is 10.0. The maximum Gasteiger partial charge on any atom is 0.319 e. The normalized spacial score (nSPS) is 10.3. The summed E-state index contributed by atoms with van der Waals surface area (Å²) in [5.74, 6) is 0.338. The first-order valence-electron chi connectivity index (χ1n) is 6.95. The Balaban J connectivity index is 2.40. The number of benzene rings is 1. The Kier molecular flexibility index (Phi) is 7.25. The predicted molar refractivity (Wildman–Crippen MR) is 83.4 cm³/mol. The van der Waals surface area contributed by atoms with E-state index < -0.39 is 0 Å². The number of rotatable bonds is 7. The molecule has 116 valence electrons. The van der Waals surface area contributed by atoms with E-state index in [1.54, 1.807) is 24.3 Å². The molecule has 0 saturated heterocycles. The number of nitrogens with one attached hydrogen (secondary N) is 3. The Morgan fingerprint density at radius 3 is 2.19 bits per heavy atom. The summed E-state index contributed by atoms with van der Waals surface area (Å²) in [5, 5.41) is 8.20. The molecule has 1 rings (SSSR count). The monoisotopic (exact) mass is 293 g/mol. The minimum absolute atomic E-state index is 0.0122. The third kappa shape index (κ3) is 7.31. The van der Waals surface area contributed by atoms with Gasteiger partial charge in [0.25, 0.3) is 0 Å². The lowest BCUT2D eigenvalue weighted by Gasteiger charge is -2.10. The SMILES string of the molecule is COCC(=O)Nc1ccc(NC(=O)NCCC(C)C)cc1. The second-order valence-electron chi connectivity index (χ2n) is 5.12. The molecule has 1 aromatic rings. The average molecular weight is 293 g/mol. The first kappa shape index (κ1) is 17.0. The topological polar surface area (TPSA) is 79.5 Å². The first-order valence-corrected chi connectivity index (χ1v) is 6.95. The van der Waals surface area contributed by atoms with E-state index in [0.29, 0.717) is 23.8 Å². The molecule has 3 amide bonds. The number of carbonyl (C=O) groups excluding carboxylic acids is 2. The molecule has 0 aromatic heterocycles. The van der Waals surface area contributed by atoms with Gasteiger partial charge in [-0.3, -0.25) is 4.79 Å². The molecule has 0 aliphatic rings. The zero-order chi connectivity index (χ0) is 15.7. The lowest BCUT2D eigenvalue weighted by molar-refractivity contribution is -0.119. The van der Waals surface area contributed by atoms with Crippen LogP contribution in [-0.4, -0.2) is 32.2 Å². The molecule has 0 atom stereocenters. The standard InChI is InChI=1S/C15H23N3O3/c1-11(2)8-9-16-15(20)18-13-6-4-12(5-7-13)17-14(19)10-21-3/h4-7,11H,8-10H2,1-3H3,(H,17,19)(H2,16,18,20). The van der Waals surface area contributed by atoms with Crippen LogP contribution in [0.3, 0.4) is 0 Å². The maximum absolute atomic E-state index is 11.6. The van der Waals surface area contributed by atoms with Crippen LogP contribution < -0.4 is 16.0 Å². The van der Waals surface area contributed by atoms with E-state index in [0.717, 1.165) is 6.42 Å². The highest BCUT2D eigenvalue weighted by atomic mass is 16.5. The number of urea groups is 1. The number of methoxy groups -OCH3 is 1.